The van der Waals surface area contributed by atoms with Gasteiger partial charge in [0.15, 0.2) is 8.32 Å². The summed E-state index contributed by atoms with van der Waals surface area (Å²) in [6.45, 7) is 21.1. The molecular weight excluding hydrogens is 628 g/mol. The quantitative estimate of drug-likeness (QED) is 0.119. The zero-order valence-electron chi connectivity index (χ0n) is 31.1. The monoisotopic (exact) mass is 688 g/mol. The molecule has 3 aliphatic rings. The number of rotatable bonds is 14. The number of piperidine rings is 1. The van der Waals surface area contributed by atoms with E-state index >= 15 is 0 Å². The molecule has 4 rings (SSSR count). The van der Waals surface area contributed by atoms with Crippen LogP contribution in [0.25, 0.3) is 0 Å². The number of likely N-dealkylation sites (tertiary alicyclic amines) is 2. The van der Waals surface area contributed by atoms with Crippen molar-refractivity contribution >= 4 is 26.3 Å². The molecule has 5 atom stereocenters. The first-order valence-electron chi connectivity index (χ1n) is 17.8. The molecule has 2 heterocycles. The van der Waals surface area contributed by atoms with Crippen molar-refractivity contribution in [2.24, 2.45) is 17.8 Å². The standard InChI is InChI=1S/C37H60N2O8Si/c1-11-45-31(40)23-37-30-18-20-38(34(42)47-35(2,3)4)32(37)27(25-46-48(9,10)36(5,6)7)22-29(30)33(41)39(37)19-12-13-21-44-24-26-14-16-28(43-8)17-15-26/h14-17,27,29-30,32H,11-13,18-25H2,1-10H3/t27-,29+,30+,32-,37-/m0/s1. The summed E-state index contributed by atoms with van der Waals surface area (Å²) in [5.74, 6) is 0.119. The number of hydrogen-bond donors (Lipinski definition) is 0. The maximum absolute atomic E-state index is 14.4. The van der Waals surface area contributed by atoms with Gasteiger partial charge in [0.2, 0.25) is 5.91 Å². The third-order valence-corrected chi connectivity index (χ3v) is 15.4. The van der Waals surface area contributed by atoms with Gasteiger partial charge in [-0.3, -0.25) is 9.59 Å². The van der Waals surface area contributed by atoms with Crippen LogP contribution in [0, 0.1) is 17.8 Å². The SMILES string of the molecule is CCOC(=O)C[C@]12[C@@H]3CCN(C(=O)OC(C)(C)C)[C@H]1[C@H](CO[Si](C)(C)C(C)(C)C)C[C@H]3C(=O)N2CCCCOCc1ccc(OC)cc1. The number of amides is 2. The van der Waals surface area contributed by atoms with Gasteiger partial charge in [-0.1, -0.05) is 32.9 Å². The van der Waals surface area contributed by atoms with Crippen molar-refractivity contribution in [1.82, 2.24) is 9.80 Å². The van der Waals surface area contributed by atoms with E-state index in [0.717, 1.165) is 17.7 Å². The van der Waals surface area contributed by atoms with Crippen molar-refractivity contribution < 1.29 is 37.8 Å². The van der Waals surface area contributed by atoms with E-state index in [2.05, 4.69) is 33.9 Å². The number of benzene rings is 1. The van der Waals surface area contributed by atoms with E-state index in [9.17, 15) is 14.4 Å². The van der Waals surface area contributed by atoms with E-state index < -0.39 is 31.6 Å². The molecule has 270 valence electrons. The number of hydrogen-bond acceptors (Lipinski definition) is 8. The predicted molar refractivity (Wildman–Crippen MR) is 187 cm³/mol. The lowest BCUT2D eigenvalue weighted by atomic mass is 9.58. The van der Waals surface area contributed by atoms with Crippen molar-refractivity contribution in [2.75, 3.05) is 40.0 Å². The molecule has 4 bridgehead atoms. The summed E-state index contributed by atoms with van der Waals surface area (Å²) in [4.78, 5) is 45.6. The Bertz CT molecular complexity index is 1270. The average Bonchev–Trinajstić information content (AvgIpc) is 3.14. The van der Waals surface area contributed by atoms with Gasteiger partial charge in [0.05, 0.1) is 38.3 Å². The first kappa shape index (κ1) is 38.2. The molecule has 2 saturated heterocycles. The fourth-order valence-electron chi connectivity index (χ4n) is 7.72. The summed E-state index contributed by atoms with van der Waals surface area (Å²) in [5.41, 5.74) is -0.523. The molecule has 48 heavy (non-hydrogen) atoms. The Morgan fingerprint density at radius 1 is 1.04 bits per heavy atom. The van der Waals surface area contributed by atoms with E-state index in [0.29, 0.717) is 52.2 Å². The molecule has 1 aromatic carbocycles. The average molecular weight is 689 g/mol. The minimum atomic E-state index is -2.15. The summed E-state index contributed by atoms with van der Waals surface area (Å²) in [6.07, 6.45) is 2.35. The number of carbonyl (C=O) groups excluding carboxylic acids is 3. The Kier molecular flexibility index (Phi) is 12.0. The summed E-state index contributed by atoms with van der Waals surface area (Å²) in [6, 6.07) is 7.37. The molecule has 3 fully saturated rings. The van der Waals surface area contributed by atoms with E-state index in [1.807, 2.05) is 54.8 Å². The number of unbranched alkanes of at least 4 members (excludes halogenated alkanes) is 1. The molecule has 0 spiro atoms. The van der Waals surface area contributed by atoms with E-state index in [-0.39, 0.29) is 47.7 Å². The van der Waals surface area contributed by atoms with Gasteiger partial charge in [0, 0.05) is 38.1 Å². The third kappa shape index (κ3) is 8.21. The second-order valence-electron chi connectivity index (χ2n) is 16.3. The normalized spacial score (nSPS) is 25.7. The molecule has 0 radical (unpaired) electrons. The molecule has 1 aromatic rings. The van der Waals surface area contributed by atoms with Crippen LogP contribution >= 0.6 is 0 Å². The van der Waals surface area contributed by atoms with Crippen LogP contribution in [-0.2, 0) is 34.8 Å². The minimum Gasteiger partial charge on any atom is -0.497 e. The topological polar surface area (TPSA) is 104 Å². The van der Waals surface area contributed by atoms with Crippen LogP contribution in [0.3, 0.4) is 0 Å². The Morgan fingerprint density at radius 2 is 1.73 bits per heavy atom. The zero-order valence-corrected chi connectivity index (χ0v) is 32.1. The highest BCUT2D eigenvalue weighted by Gasteiger charge is 2.70. The maximum Gasteiger partial charge on any atom is 0.410 e. The smallest absolute Gasteiger partial charge is 0.410 e. The van der Waals surface area contributed by atoms with Gasteiger partial charge >= 0.3 is 12.1 Å². The lowest BCUT2D eigenvalue weighted by Gasteiger charge is -2.59. The number of nitrogens with zero attached hydrogens (tertiary/aromatic N) is 2. The Morgan fingerprint density at radius 3 is 2.33 bits per heavy atom. The number of esters is 1. The summed E-state index contributed by atoms with van der Waals surface area (Å²) >= 11 is 0. The second-order valence-corrected chi connectivity index (χ2v) is 21.1. The van der Waals surface area contributed by atoms with Gasteiger partial charge in [-0.2, -0.15) is 0 Å². The second kappa shape index (κ2) is 15.1. The van der Waals surface area contributed by atoms with Crippen molar-refractivity contribution in [1.29, 1.82) is 0 Å². The van der Waals surface area contributed by atoms with Gasteiger partial charge in [0.25, 0.3) is 0 Å². The molecule has 0 aromatic heterocycles. The fraction of sp³-hybridized carbons (Fsp3) is 0.757. The highest BCUT2D eigenvalue weighted by molar-refractivity contribution is 6.74. The molecule has 1 aliphatic carbocycles. The largest absolute Gasteiger partial charge is 0.497 e. The summed E-state index contributed by atoms with van der Waals surface area (Å²) < 4.78 is 29.6. The van der Waals surface area contributed by atoms with E-state index in [1.54, 1.807) is 14.0 Å². The Balaban J connectivity index is 1.61. The Labute approximate surface area is 289 Å². The lowest BCUT2D eigenvalue weighted by molar-refractivity contribution is -0.156. The highest BCUT2D eigenvalue weighted by atomic mass is 28.4. The number of carbonyl (C=O) groups is 3. The van der Waals surface area contributed by atoms with Crippen LogP contribution in [-0.4, -0.2) is 93.3 Å². The van der Waals surface area contributed by atoms with E-state index in [4.69, 9.17) is 23.4 Å². The van der Waals surface area contributed by atoms with Gasteiger partial charge in [-0.25, -0.2) is 4.79 Å². The van der Waals surface area contributed by atoms with Crippen molar-refractivity contribution in [3.8, 4) is 5.75 Å². The van der Waals surface area contributed by atoms with Gasteiger partial charge in [-0.05, 0) is 95.1 Å². The maximum atomic E-state index is 14.4. The van der Waals surface area contributed by atoms with Crippen LogP contribution in [0.5, 0.6) is 5.75 Å². The molecule has 2 amide bonds. The predicted octanol–water partition coefficient (Wildman–Crippen LogP) is 6.81. The van der Waals surface area contributed by atoms with Gasteiger partial charge in [-0.15, -0.1) is 0 Å². The van der Waals surface area contributed by atoms with Crippen LogP contribution in [0.15, 0.2) is 24.3 Å². The Hall–Kier alpha value is -2.63. The van der Waals surface area contributed by atoms with Crippen LogP contribution in [0.1, 0.15) is 86.1 Å². The molecule has 0 unspecified atom stereocenters. The van der Waals surface area contributed by atoms with Crippen LogP contribution < -0.4 is 4.74 Å². The molecule has 11 heteroatoms. The number of methoxy groups -OCH3 is 1. The zero-order chi connectivity index (χ0) is 35.5. The highest BCUT2D eigenvalue weighted by Crippen LogP contribution is 2.59. The number of ether oxygens (including phenoxy) is 4. The molecular formula is C37H60N2O8Si. The lowest BCUT2D eigenvalue weighted by Crippen LogP contribution is -2.72. The van der Waals surface area contributed by atoms with E-state index in [1.165, 1.54) is 0 Å². The van der Waals surface area contributed by atoms with Crippen LogP contribution in [0.2, 0.25) is 18.1 Å². The van der Waals surface area contributed by atoms with Gasteiger partial charge in [0.1, 0.15) is 11.4 Å². The molecule has 10 nitrogen and oxygen atoms in total. The minimum absolute atomic E-state index is 0.000518. The van der Waals surface area contributed by atoms with Crippen molar-refractivity contribution in [2.45, 2.75) is 122 Å². The van der Waals surface area contributed by atoms with Gasteiger partial charge < -0.3 is 33.2 Å². The third-order valence-electron chi connectivity index (χ3n) is 10.9. The summed E-state index contributed by atoms with van der Waals surface area (Å²) in [7, 11) is -0.507. The fourth-order valence-corrected chi connectivity index (χ4v) is 8.78. The van der Waals surface area contributed by atoms with Crippen molar-refractivity contribution in [3.05, 3.63) is 29.8 Å². The molecule has 1 saturated carbocycles. The van der Waals surface area contributed by atoms with Crippen molar-refractivity contribution in [3.63, 3.8) is 0 Å². The summed E-state index contributed by atoms with van der Waals surface area (Å²) in [5, 5.41) is 0.000518. The van der Waals surface area contributed by atoms with Crippen LogP contribution in [0.4, 0.5) is 4.79 Å². The molecule has 2 aliphatic heterocycles. The molecule has 0 N–H and O–H groups in total. The first-order valence-corrected chi connectivity index (χ1v) is 20.7. The first-order chi connectivity index (χ1) is 22.4.